The van der Waals surface area contributed by atoms with Crippen LogP contribution in [-0.4, -0.2) is 17.6 Å². The fourth-order valence-electron chi connectivity index (χ4n) is 2.17. The van der Waals surface area contributed by atoms with Gasteiger partial charge in [-0.05, 0) is 24.4 Å². The maximum atomic E-state index is 8.56. The minimum Gasteiger partial charge on any atom is -0.409 e. The standard InChI is InChI=1S/C14H21N3O/c15-14(17-18)13-6-4-12(5-7-13)10-16-9-8-11-2-1-3-11/h4-7,11,16,18H,1-3,8-10H2,(H2,15,17). The number of rotatable bonds is 6. The molecule has 0 spiro atoms. The Labute approximate surface area is 108 Å². The lowest BCUT2D eigenvalue weighted by atomic mass is 9.83. The van der Waals surface area contributed by atoms with Gasteiger partial charge >= 0.3 is 0 Å². The quantitative estimate of drug-likeness (QED) is 0.237. The van der Waals surface area contributed by atoms with Gasteiger partial charge in [0.2, 0.25) is 0 Å². The molecule has 1 aliphatic carbocycles. The molecule has 2 rings (SSSR count). The predicted molar refractivity (Wildman–Crippen MR) is 72.6 cm³/mol. The van der Waals surface area contributed by atoms with Gasteiger partial charge in [-0.2, -0.15) is 0 Å². The Morgan fingerprint density at radius 1 is 1.33 bits per heavy atom. The summed E-state index contributed by atoms with van der Waals surface area (Å²) in [5, 5.41) is 15.0. The van der Waals surface area contributed by atoms with Crippen LogP contribution in [0.25, 0.3) is 0 Å². The third-order valence-corrected chi connectivity index (χ3v) is 3.64. The SMILES string of the molecule is N/C(=N/O)c1ccc(CNCCC2CCC2)cc1. The van der Waals surface area contributed by atoms with Gasteiger partial charge in [0.05, 0.1) is 0 Å². The molecule has 1 fully saturated rings. The highest BCUT2D eigenvalue weighted by Gasteiger charge is 2.15. The van der Waals surface area contributed by atoms with Gasteiger partial charge < -0.3 is 16.3 Å². The van der Waals surface area contributed by atoms with Crippen molar-refractivity contribution in [3.63, 3.8) is 0 Å². The summed E-state index contributed by atoms with van der Waals surface area (Å²) in [7, 11) is 0. The Morgan fingerprint density at radius 2 is 2.06 bits per heavy atom. The zero-order chi connectivity index (χ0) is 12.8. The van der Waals surface area contributed by atoms with Crippen molar-refractivity contribution in [2.45, 2.75) is 32.2 Å². The molecular weight excluding hydrogens is 226 g/mol. The Hall–Kier alpha value is -1.55. The first-order chi connectivity index (χ1) is 8.79. The third-order valence-electron chi connectivity index (χ3n) is 3.64. The monoisotopic (exact) mass is 247 g/mol. The normalized spacial score (nSPS) is 16.6. The summed E-state index contributed by atoms with van der Waals surface area (Å²) >= 11 is 0. The van der Waals surface area contributed by atoms with E-state index in [0.717, 1.165) is 24.6 Å². The molecule has 4 heteroatoms. The van der Waals surface area contributed by atoms with E-state index in [1.54, 1.807) is 0 Å². The Bertz CT molecular complexity index is 396. The lowest BCUT2D eigenvalue weighted by Crippen LogP contribution is -2.21. The topological polar surface area (TPSA) is 70.6 Å². The largest absolute Gasteiger partial charge is 0.409 e. The summed E-state index contributed by atoms with van der Waals surface area (Å²) in [6.07, 6.45) is 5.54. The highest BCUT2D eigenvalue weighted by atomic mass is 16.4. The second-order valence-electron chi connectivity index (χ2n) is 4.94. The molecular formula is C14H21N3O. The maximum absolute atomic E-state index is 8.56. The molecule has 4 N–H and O–H groups in total. The first kappa shape index (κ1) is 12.9. The molecule has 0 heterocycles. The van der Waals surface area contributed by atoms with Crippen molar-refractivity contribution in [1.82, 2.24) is 5.32 Å². The molecule has 0 bridgehead atoms. The molecule has 0 unspecified atom stereocenters. The van der Waals surface area contributed by atoms with Crippen LogP contribution >= 0.6 is 0 Å². The second-order valence-corrected chi connectivity index (χ2v) is 4.94. The molecule has 1 saturated carbocycles. The van der Waals surface area contributed by atoms with Crippen molar-refractivity contribution in [2.75, 3.05) is 6.54 Å². The highest BCUT2D eigenvalue weighted by molar-refractivity contribution is 5.96. The molecule has 18 heavy (non-hydrogen) atoms. The minimum atomic E-state index is 0.152. The Balaban J connectivity index is 1.72. The first-order valence-electron chi connectivity index (χ1n) is 6.57. The van der Waals surface area contributed by atoms with E-state index in [1.807, 2.05) is 24.3 Å². The van der Waals surface area contributed by atoms with Crippen LogP contribution in [0.3, 0.4) is 0 Å². The van der Waals surface area contributed by atoms with Crippen LogP contribution in [0, 0.1) is 5.92 Å². The number of nitrogens with two attached hydrogens (primary N) is 1. The minimum absolute atomic E-state index is 0.152. The number of oxime groups is 1. The number of hydrogen-bond donors (Lipinski definition) is 3. The average Bonchev–Trinajstić information content (AvgIpc) is 2.36. The fraction of sp³-hybridized carbons (Fsp3) is 0.500. The van der Waals surface area contributed by atoms with Crippen molar-refractivity contribution in [1.29, 1.82) is 0 Å². The van der Waals surface area contributed by atoms with Gasteiger partial charge in [0.15, 0.2) is 5.84 Å². The highest BCUT2D eigenvalue weighted by Crippen LogP contribution is 2.28. The molecule has 4 nitrogen and oxygen atoms in total. The van der Waals surface area contributed by atoms with Gasteiger partial charge in [-0.15, -0.1) is 0 Å². The van der Waals surface area contributed by atoms with Crippen LogP contribution in [0.2, 0.25) is 0 Å². The molecule has 0 atom stereocenters. The first-order valence-corrected chi connectivity index (χ1v) is 6.57. The van der Waals surface area contributed by atoms with Crippen molar-refractivity contribution in [2.24, 2.45) is 16.8 Å². The van der Waals surface area contributed by atoms with Gasteiger partial charge in [0.1, 0.15) is 0 Å². The van der Waals surface area contributed by atoms with Crippen LogP contribution < -0.4 is 11.1 Å². The van der Waals surface area contributed by atoms with E-state index in [-0.39, 0.29) is 5.84 Å². The van der Waals surface area contributed by atoms with E-state index in [2.05, 4.69) is 10.5 Å². The molecule has 0 saturated heterocycles. The summed E-state index contributed by atoms with van der Waals surface area (Å²) in [6.45, 7) is 1.97. The van der Waals surface area contributed by atoms with Crippen molar-refractivity contribution >= 4 is 5.84 Å². The summed E-state index contributed by atoms with van der Waals surface area (Å²) in [4.78, 5) is 0. The van der Waals surface area contributed by atoms with E-state index in [4.69, 9.17) is 10.9 Å². The van der Waals surface area contributed by atoms with Gasteiger partial charge in [-0.1, -0.05) is 48.7 Å². The van der Waals surface area contributed by atoms with Crippen molar-refractivity contribution < 1.29 is 5.21 Å². The van der Waals surface area contributed by atoms with E-state index < -0.39 is 0 Å². The zero-order valence-electron chi connectivity index (χ0n) is 10.6. The Morgan fingerprint density at radius 3 is 2.61 bits per heavy atom. The van der Waals surface area contributed by atoms with Gasteiger partial charge in [0.25, 0.3) is 0 Å². The lowest BCUT2D eigenvalue weighted by molar-refractivity contribution is 0.292. The number of benzene rings is 1. The van der Waals surface area contributed by atoms with Crippen LogP contribution in [0.4, 0.5) is 0 Å². The van der Waals surface area contributed by atoms with Gasteiger partial charge in [0, 0.05) is 12.1 Å². The number of amidine groups is 1. The van der Waals surface area contributed by atoms with E-state index in [1.165, 1.54) is 31.2 Å². The summed E-state index contributed by atoms with van der Waals surface area (Å²) in [5.74, 6) is 1.11. The summed E-state index contributed by atoms with van der Waals surface area (Å²) in [6, 6.07) is 7.75. The van der Waals surface area contributed by atoms with E-state index >= 15 is 0 Å². The van der Waals surface area contributed by atoms with Crippen molar-refractivity contribution in [3.8, 4) is 0 Å². The van der Waals surface area contributed by atoms with Crippen molar-refractivity contribution in [3.05, 3.63) is 35.4 Å². The molecule has 0 radical (unpaired) electrons. The number of nitrogens with zero attached hydrogens (tertiary/aromatic N) is 1. The third kappa shape index (κ3) is 3.47. The molecule has 1 aliphatic rings. The molecule has 1 aromatic carbocycles. The summed E-state index contributed by atoms with van der Waals surface area (Å²) < 4.78 is 0. The Kier molecular flexibility index (Phi) is 4.59. The summed E-state index contributed by atoms with van der Waals surface area (Å²) in [5.41, 5.74) is 7.47. The fourth-order valence-corrected chi connectivity index (χ4v) is 2.17. The van der Waals surface area contributed by atoms with Crippen LogP contribution in [-0.2, 0) is 6.54 Å². The predicted octanol–water partition coefficient (Wildman–Crippen LogP) is 2.06. The average molecular weight is 247 g/mol. The van der Waals surface area contributed by atoms with E-state index in [9.17, 15) is 0 Å². The second kappa shape index (κ2) is 6.40. The number of hydrogen-bond acceptors (Lipinski definition) is 3. The van der Waals surface area contributed by atoms with Gasteiger partial charge in [-0.25, -0.2) is 0 Å². The van der Waals surface area contributed by atoms with Gasteiger partial charge in [-0.3, -0.25) is 0 Å². The zero-order valence-corrected chi connectivity index (χ0v) is 10.6. The molecule has 98 valence electrons. The molecule has 1 aromatic rings. The molecule has 0 aromatic heterocycles. The smallest absolute Gasteiger partial charge is 0.170 e. The van der Waals surface area contributed by atoms with Crippen LogP contribution in [0.15, 0.2) is 29.4 Å². The number of nitrogens with one attached hydrogen (secondary N) is 1. The molecule has 0 amide bonds. The lowest BCUT2D eigenvalue weighted by Gasteiger charge is -2.25. The van der Waals surface area contributed by atoms with E-state index in [0.29, 0.717) is 0 Å². The van der Waals surface area contributed by atoms with Crippen LogP contribution in [0.5, 0.6) is 0 Å². The molecule has 0 aliphatic heterocycles. The maximum Gasteiger partial charge on any atom is 0.170 e. The van der Waals surface area contributed by atoms with Crippen LogP contribution in [0.1, 0.15) is 36.8 Å².